The molecule has 1 amide bonds. The molecule has 2 N–H and O–H groups in total. The van der Waals surface area contributed by atoms with E-state index in [-0.39, 0.29) is 6.10 Å². The summed E-state index contributed by atoms with van der Waals surface area (Å²) in [6, 6.07) is 7.05. The molecule has 0 bridgehead atoms. The lowest BCUT2D eigenvalue weighted by Crippen LogP contribution is -2.35. The molecule has 0 fully saturated rings. The molecule has 16 heavy (non-hydrogen) atoms. The van der Waals surface area contributed by atoms with Crippen LogP contribution in [-0.2, 0) is 9.63 Å². The van der Waals surface area contributed by atoms with Crippen molar-refractivity contribution in [3.63, 3.8) is 0 Å². The number of nitrogens with zero attached hydrogens (tertiary/aromatic N) is 1. The smallest absolute Gasteiger partial charge is 0.230 e. The number of hydrogen-bond donors (Lipinski definition) is 1. The predicted octanol–water partition coefficient (Wildman–Crippen LogP) is 1.56. The van der Waals surface area contributed by atoms with Crippen molar-refractivity contribution in [2.24, 2.45) is 16.8 Å². The Labute approximate surface area is 98.0 Å². The topological polar surface area (TPSA) is 64.7 Å². The van der Waals surface area contributed by atoms with Crippen molar-refractivity contribution >= 4 is 23.2 Å². The van der Waals surface area contributed by atoms with Crippen LogP contribution in [0.2, 0.25) is 5.02 Å². The Morgan fingerprint density at radius 2 is 2.06 bits per heavy atom. The molecule has 4 nitrogen and oxygen atoms in total. The van der Waals surface area contributed by atoms with Crippen LogP contribution in [0, 0.1) is 5.92 Å². The van der Waals surface area contributed by atoms with E-state index in [9.17, 15) is 4.79 Å². The number of primary amides is 1. The Bertz CT molecular complexity index is 442. The Morgan fingerprint density at radius 3 is 2.62 bits per heavy atom. The molecule has 2 rings (SSSR count). The van der Waals surface area contributed by atoms with E-state index >= 15 is 0 Å². The van der Waals surface area contributed by atoms with Crippen LogP contribution < -0.4 is 5.73 Å². The van der Waals surface area contributed by atoms with Crippen molar-refractivity contribution in [3.8, 4) is 0 Å². The van der Waals surface area contributed by atoms with E-state index in [1.165, 1.54) is 0 Å². The Morgan fingerprint density at radius 1 is 1.44 bits per heavy atom. The summed E-state index contributed by atoms with van der Waals surface area (Å²) in [6.07, 6.45) is -0.317. The van der Waals surface area contributed by atoms with Gasteiger partial charge in [-0.15, -0.1) is 0 Å². The van der Waals surface area contributed by atoms with Gasteiger partial charge in [-0.25, -0.2) is 0 Å². The summed E-state index contributed by atoms with van der Waals surface area (Å²) in [5.74, 6) is -0.931. The van der Waals surface area contributed by atoms with Gasteiger partial charge in [0.25, 0.3) is 0 Å². The lowest BCUT2D eigenvalue weighted by atomic mass is 9.93. The zero-order chi connectivity index (χ0) is 11.7. The predicted molar refractivity (Wildman–Crippen MR) is 61.2 cm³/mol. The van der Waals surface area contributed by atoms with E-state index in [1.807, 2.05) is 0 Å². The highest BCUT2D eigenvalue weighted by atomic mass is 35.5. The standard InChI is InChI=1S/C11H11ClN2O2/c1-6-9(11(13)15)10(14-16-6)7-2-4-8(12)5-3-7/h2-6,9H,1H3,(H2,13,15)/t6-,9-/m1/s1. The third-order valence-electron chi connectivity index (χ3n) is 2.53. The first-order valence-electron chi connectivity index (χ1n) is 4.88. The second kappa shape index (κ2) is 4.14. The number of carbonyl (C=O) groups is 1. The number of nitrogens with two attached hydrogens (primary N) is 1. The van der Waals surface area contributed by atoms with Gasteiger partial charge in [0.15, 0.2) is 0 Å². The van der Waals surface area contributed by atoms with Gasteiger partial charge in [0, 0.05) is 10.6 Å². The average Bonchev–Trinajstić information content (AvgIpc) is 2.61. The summed E-state index contributed by atoms with van der Waals surface area (Å²) >= 11 is 5.78. The minimum Gasteiger partial charge on any atom is -0.391 e. The fourth-order valence-corrected chi connectivity index (χ4v) is 1.82. The summed E-state index contributed by atoms with van der Waals surface area (Å²) < 4.78 is 0. The lowest BCUT2D eigenvalue weighted by Gasteiger charge is -2.11. The molecule has 1 aromatic rings. The largest absolute Gasteiger partial charge is 0.391 e. The summed E-state index contributed by atoms with van der Waals surface area (Å²) in [7, 11) is 0. The number of benzene rings is 1. The van der Waals surface area contributed by atoms with Gasteiger partial charge in [-0.3, -0.25) is 4.79 Å². The van der Waals surface area contributed by atoms with Crippen molar-refractivity contribution in [1.82, 2.24) is 0 Å². The van der Waals surface area contributed by atoms with E-state index < -0.39 is 11.8 Å². The number of amides is 1. The van der Waals surface area contributed by atoms with Crippen LogP contribution in [0.1, 0.15) is 12.5 Å². The van der Waals surface area contributed by atoms with Crippen LogP contribution in [0.3, 0.4) is 0 Å². The zero-order valence-corrected chi connectivity index (χ0v) is 9.44. The molecule has 0 aliphatic carbocycles. The Balaban J connectivity index is 2.34. The molecule has 0 radical (unpaired) electrons. The summed E-state index contributed by atoms with van der Waals surface area (Å²) in [5.41, 5.74) is 6.69. The fraction of sp³-hybridized carbons (Fsp3) is 0.273. The Kier molecular flexibility index (Phi) is 2.83. The van der Waals surface area contributed by atoms with Crippen LogP contribution in [0.25, 0.3) is 0 Å². The molecule has 2 atom stereocenters. The van der Waals surface area contributed by atoms with Gasteiger partial charge < -0.3 is 10.6 Å². The van der Waals surface area contributed by atoms with Crippen LogP contribution in [0.15, 0.2) is 29.4 Å². The van der Waals surface area contributed by atoms with Crippen molar-refractivity contribution in [1.29, 1.82) is 0 Å². The van der Waals surface area contributed by atoms with Crippen molar-refractivity contribution in [2.45, 2.75) is 13.0 Å². The molecule has 0 aromatic heterocycles. The van der Waals surface area contributed by atoms with Crippen molar-refractivity contribution in [3.05, 3.63) is 34.9 Å². The quantitative estimate of drug-likeness (QED) is 0.850. The first kappa shape index (κ1) is 11.0. The van der Waals surface area contributed by atoms with Gasteiger partial charge in [0.1, 0.15) is 17.7 Å². The van der Waals surface area contributed by atoms with Gasteiger partial charge in [0.05, 0.1) is 0 Å². The monoisotopic (exact) mass is 238 g/mol. The number of rotatable bonds is 2. The maximum Gasteiger partial charge on any atom is 0.230 e. The lowest BCUT2D eigenvalue weighted by molar-refractivity contribution is -0.122. The molecule has 1 heterocycles. The van der Waals surface area contributed by atoms with Gasteiger partial charge in [-0.05, 0) is 19.1 Å². The molecular weight excluding hydrogens is 228 g/mol. The minimum atomic E-state index is -0.499. The fourth-order valence-electron chi connectivity index (χ4n) is 1.70. The highest BCUT2D eigenvalue weighted by Crippen LogP contribution is 2.23. The van der Waals surface area contributed by atoms with Crippen LogP contribution >= 0.6 is 11.6 Å². The summed E-state index contributed by atoms with van der Waals surface area (Å²) in [6.45, 7) is 1.77. The molecule has 0 unspecified atom stereocenters. The maximum absolute atomic E-state index is 11.3. The average molecular weight is 239 g/mol. The SMILES string of the molecule is C[C@H]1ON=C(c2ccc(Cl)cc2)[C@@H]1C(N)=O. The zero-order valence-electron chi connectivity index (χ0n) is 8.68. The van der Waals surface area contributed by atoms with E-state index in [1.54, 1.807) is 31.2 Å². The molecule has 0 spiro atoms. The number of hydrogen-bond acceptors (Lipinski definition) is 3. The second-order valence-electron chi connectivity index (χ2n) is 3.67. The molecule has 0 saturated heterocycles. The Hall–Kier alpha value is -1.55. The molecule has 1 aliphatic rings. The third-order valence-corrected chi connectivity index (χ3v) is 2.78. The van der Waals surface area contributed by atoms with Gasteiger partial charge in [-0.1, -0.05) is 28.9 Å². The molecule has 5 heteroatoms. The summed E-state index contributed by atoms with van der Waals surface area (Å²) in [4.78, 5) is 16.4. The normalized spacial score (nSPS) is 23.8. The first-order chi connectivity index (χ1) is 7.59. The molecule has 1 aliphatic heterocycles. The minimum absolute atomic E-state index is 0.317. The highest BCUT2D eigenvalue weighted by molar-refractivity contribution is 6.30. The highest BCUT2D eigenvalue weighted by Gasteiger charge is 2.36. The molecule has 1 aromatic carbocycles. The number of halogens is 1. The van der Waals surface area contributed by atoms with Crippen LogP contribution in [-0.4, -0.2) is 17.7 Å². The van der Waals surface area contributed by atoms with E-state index in [0.717, 1.165) is 5.56 Å². The second-order valence-corrected chi connectivity index (χ2v) is 4.11. The maximum atomic E-state index is 11.3. The molecule has 0 saturated carbocycles. The van der Waals surface area contributed by atoms with E-state index in [4.69, 9.17) is 22.2 Å². The third kappa shape index (κ3) is 1.88. The van der Waals surface area contributed by atoms with Gasteiger partial charge in [-0.2, -0.15) is 0 Å². The van der Waals surface area contributed by atoms with Crippen molar-refractivity contribution < 1.29 is 9.63 Å². The van der Waals surface area contributed by atoms with E-state index in [0.29, 0.717) is 10.7 Å². The van der Waals surface area contributed by atoms with Crippen LogP contribution in [0.5, 0.6) is 0 Å². The number of oxime groups is 1. The van der Waals surface area contributed by atoms with Gasteiger partial charge in [0.2, 0.25) is 5.91 Å². The van der Waals surface area contributed by atoms with Gasteiger partial charge >= 0.3 is 0 Å². The van der Waals surface area contributed by atoms with Crippen molar-refractivity contribution in [2.75, 3.05) is 0 Å². The molecular formula is C11H11ClN2O2. The number of carbonyl (C=O) groups excluding carboxylic acids is 1. The summed E-state index contributed by atoms with van der Waals surface area (Å²) in [5, 5.41) is 4.52. The van der Waals surface area contributed by atoms with Crippen LogP contribution in [0.4, 0.5) is 0 Å². The van der Waals surface area contributed by atoms with E-state index in [2.05, 4.69) is 5.16 Å². The first-order valence-corrected chi connectivity index (χ1v) is 5.26. The molecule has 84 valence electrons.